The predicted octanol–water partition coefficient (Wildman–Crippen LogP) is 3.25. The van der Waals surface area contributed by atoms with Crippen molar-refractivity contribution in [3.63, 3.8) is 0 Å². The fourth-order valence-electron chi connectivity index (χ4n) is 2.47. The second kappa shape index (κ2) is 9.10. The van der Waals surface area contributed by atoms with Gasteiger partial charge in [-0.05, 0) is 48.2 Å². The van der Waals surface area contributed by atoms with Crippen LogP contribution in [0.5, 0.6) is 0 Å². The fraction of sp³-hybridized carbons (Fsp3) is 0.263. The van der Waals surface area contributed by atoms with Gasteiger partial charge in [-0.3, -0.25) is 4.98 Å². The summed E-state index contributed by atoms with van der Waals surface area (Å²) in [6.45, 7) is 1.57. The van der Waals surface area contributed by atoms with Crippen molar-refractivity contribution in [2.24, 2.45) is 0 Å². The molecular weight excluding hydrogens is 348 g/mol. The molecule has 3 rings (SSSR count). The topological polar surface area (TPSA) is 66.8 Å². The number of halogens is 1. The number of likely N-dealkylation sites (N-methyl/N-ethyl adjacent to an activating group) is 1. The lowest BCUT2D eigenvalue weighted by Crippen LogP contribution is -2.23. The quantitative estimate of drug-likeness (QED) is 0.658. The van der Waals surface area contributed by atoms with Crippen LogP contribution in [0, 0.1) is 0 Å². The monoisotopic (exact) mass is 368 g/mol. The number of hydrogen-bond donors (Lipinski definition) is 1. The van der Waals surface area contributed by atoms with Crippen LogP contribution in [0.15, 0.2) is 55.0 Å². The Bertz CT molecular complexity index is 810. The van der Waals surface area contributed by atoms with E-state index in [1.807, 2.05) is 48.3 Å². The first-order valence-corrected chi connectivity index (χ1v) is 8.86. The molecule has 0 aliphatic heterocycles. The van der Waals surface area contributed by atoms with Crippen LogP contribution in [0.4, 0.5) is 11.8 Å². The predicted molar refractivity (Wildman–Crippen MR) is 105 cm³/mol. The summed E-state index contributed by atoms with van der Waals surface area (Å²) in [5.41, 5.74) is 2.45. The molecule has 134 valence electrons. The Labute approximate surface area is 158 Å². The van der Waals surface area contributed by atoms with E-state index in [0.717, 1.165) is 36.8 Å². The Balaban J connectivity index is 1.51. The molecule has 7 heteroatoms. The smallest absolute Gasteiger partial charge is 0.247 e. The number of hydrogen-bond acceptors (Lipinski definition) is 6. The van der Waals surface area contributed by atoms with Crippen molar-refractivity contribution < 1.29 is 0 Å². The summed E-state index contributed by atoms with van der Waals surface area (Å²) in [6, 6.07) is 11.9. The Kier molecular flexibility index (Phi) is 6.33. The van der Waals surface area contributed by atoms with Gasteiger partial charge in [-0.15, -0.1) is 5.10 Å². The van der Waals surface area contributed by atoms with Crippen molar-refractivity contribution in [3.8, 4) is 0 Å². The second-order valence-corrected chi connectivity index (χ2v) is 6.41. The van der Waals surface area contributed by atoms with Gasteiger partial charge in [-0.2, -0.15) is 10.1 Å². The van der Waals surface area contributed by atoms with E-state index in [0.29, 0.717) is 5.95 Å². The van der Waals surface area contributed by atoms with E-state index in [-0.39, 0.29) is 0 Å². The number of aromatic nitrogens is 4. The number of pyridine rings is 1. The zero-order valence-corrected chi connectivity index (χ0v) is 15.4. The van der Waals surface area contributed by atoms with Crippen LogP contribution in [0.2, 0.25) is 5.02 Å². The van der Waals surface area contributed by atoms with Crippen LogP contribution in [-0.2, 0) is 12.8 Å². The second-order valence-electron chi connectivity index (χ2n) is 5.97. The van der Waals surface area contributed by atoms with Gasteiger partial charge in [0.05, 0.1) is 6.20 Å². The van der Waals surface area contributed by atoms with Gasteiger partial charge in [0.2, 0.25) is 5.95 Å². The van der Waals surface area contributed by atoms with E-state index >= 15 is 0 Å². The van der Waals surface area contributed by atoms with Crippen LogP contribution in [0.25, 0.3) is 0 Å². The van der Waals surface area contributed by atoms with E-state index in [2.05, 4.69) is 25.5 Å². The van der Waals surface area contributed by atoms with Gasteiger partial charge in [0.1, 0.15) is 0 Å². The summed E-state index contributed by atoms with van der Waals surface area (Å²) in [5, 5.41) is 12.2. The van der Waals surface area contributed by atoms with Gasteiger partial charge in [0.25, 0.3) is 0 Å². The number of nitrogens with one attached hydrogen (secondary N) is 1. The molecule has 0 saturated heterocycles. The van der Waals surface area contributed by atoms with Gasteiger partial charge in [-0.25, -0.2) is 0 Å². The van der Waals surface area contributed by atoms with Crippen molar-refractivity contribution >= 4 is 23.4 Å². The molecule has 0 amide bonds. The first kappa shape index (κ1) is 18.1. The lowest BCUT2D eigenvalue weighted by molar-refractivity contribution is 0.809. The van der Waals surface area contributed by atoms with E-state index in [1.54, 1.807) is 18.6 Å². The van der Waals surface area contributed by atoms with E-state index in [1.165, 1.54) is 11.1 Å². The Morgan fingerprint density at radius 3 is 2.50 bits per heavy atom. The molecule has 3 aromatic rings. The van der Waals surface area contributed by atoms with Crippen LogP contribution in [0.1, 0.15) is 11.1 Å². The molecule has 0 bridgehead atoms. The van der Waals surface area contributed by atoms with Gasteiger partial charge >= 0.3 is 0 Å². The standard InChI is InChI=1S/C19H21ClN6/c1-26(13-9-16-6-10-21-11-7-16)19-24-18(14-23-25-19)22-12-8-15-2-4-17(20)5-3-15/h2-7,10-11,14H,8-9,12-13H2,1H3,(H,22,24,25). The van der Waals surface area contributed by atoms with Crippen LogP contribution < -0.4 is 10.2 Å². The molecule has 26 heavy (non-hydrogen) atoms. The van der Waals surface area contributed by atoms with Crippen molar-refractivity contribution in [1.82, 2.24) is 20.2 Å². The molecule has 0 saturated carbocycles. The molecule has 2 heterocycles. The number of benzene rings is 1. The molecule has 1 N–H and O–H groups in total. The largest absolute Gasteiger partial charge is 0.368 e. The minimum Gasteiger partial charge on any atom is -0.368 e. The molecule has 0 atom stereocenters. The normalized spacial score (nSPS) is 10.5. The third-order valence-corrected chi connectivity index (χ3v) is 4.26. The summed E-state index contributed by atoms with van der Waals surface area (Å²) >= 11 is 5.90. The molecule has 0 spiro atoms. The minimum atomic E-state index is 0.607. The summed E-state index contributed by atoms with van der Waals surface area (Å²) in [5.74, 6) is 1.33. The highest BCUT2D eigenvalue weighted by atomic mass is 35.5. The molecule has 1 aromatic carbocycles. The van der Waals surface area contributed by atoms with Crippen molar-refractivity contribution in [3.05, 3.63) is 71.1 Å². The summed E-state index contributed by atoms with van der Waals surface area (Å²) in [4.78, 5) is 10.6. The van der Waals surface area contributed by atoms with E-state index < -0.39 is 0 Å². The molecule has 0 aliphatic carbocycles. The average Bonchev–Trinajstić information content (AvgIpc) is 2.69. The maximum atomic E-state index is 5.90. The van der Waals surface area contributed by atoms with Gasteiger partial charge in [0, 0.05) is 37.6 Å². The Morgan fingerprint density at radius 2 is 1.73 bits per heavy atom. The third-order valence-electron chi connectivity index (χ3n) is 4.01. The fourth-order valence-corrected chi connectivity index (χ4v) is 2.60. The van der Waals surface area contributed by atoms with Crippen LogP contribution >= 0.6 is 11.6 Å². The van der Waals surface area contributed by atoms with Crippen molar-refractivity contribution in [2.75, 3.05) is 30.4 Å². The zero-order chi connectivity index (χ0) is 18.2. The maximum absolute atomic E-state index is 5.90. The molecule has 0 unspecified atom stereocenters. The number of nitrogens with zero attached hydrogens (tertiary/aromatic N) is 5. The Hall–Kier alpha value is -2.73. The lowest BCUT2D eigenvalue weighted by Gasteiger charge is -2.17. The Morgan fingerprint density at radius 1 is 1.00 bits per heavy atom. The highest BCUT2D eigenvalue weighted by Gasteiger charge is 2.07. The zero-order valence-electron chi connectivity index (χ0n) is 14.6. The summed E-state index contributed by atoms with van der Waals surface area (Å²) in [6.07, 6.45) is 7.03. The van der Waals surface area contributed by atoms with E-state index in [4.69, 9.17) is 11.6 Å². The lowest BCUT2D eigenvalue weighted by atomic mass is 10.1. The summed E-state index contributed by atoms with van der Waals surface area (Å²) in [7, 11) is 1.97. The van der Waals surface area contributed by atoms with Crippen LogP contribution in [0.3, 0.4) is 0 Å². The first-order chi connectivity index (χ1) is 12.7. The first-order valence-electron chi connectivity index (χ1n) is 8.49. The van der Waals surface area contributed by atoms with Crippen molar-refractivity contribution in [2.45, 2.75) is 12.8 Å². The molecular formula is C19H21ClN6. The number of rotatable bonds is 8. The maximum Gasteiger partial charge on any atom is 0.247 e. The van der Waals surface area contributed by atoms with Gasteiger partial charge in [-0.1, -0.05) is 23.7 Å². The van der Waals surface area contributed by atoms with E-state index in [9.17, 15) is 0 Å². The van der Waals surface area contributed by atoms with Gasteiger partial charge in [0.15, 0.2) is 5.82 Å². The number of anilines is 2. The molecule has 2 aromatic heterocycles. The van der Waals surface area contributed by atoms with Crippen LogP contribution in [-0.4, -0.2) is 40.3 Å². The highest BCUT2D eigenvalue weighted by molar-refractivity contribution is 6.30. The third kappa shape index (κ3) is 5.39. The highest BCUT2D eigenvalue weighted by Crippen LogP contribution is 2.11. The molecule has 0 fully saturated rings. The minimum absolute atomic E-state index is 0.607. The summed E-state index contributed by atoms with van der Waals surface area (Å²) < 4.78 is 0. The van der Waals surface area contributed by atoms with Crippen molar-refractivity contribution in [1.29, 1.82) is 0 Å². The SMILES string of the molecule is CN(CCc1ccncc1)c1nncc(NCCc2ccc(Cl)cc2)n1. The van der Waals surface area contributed by atoms with Gasteiger partial charge < -0.3 is 10.2 Å². The molecule has 0 aliphatic rings. The average molecular weight is 369 g/mol. The molecule has 6 nitrogen and oxygen atoms in total. The molecule has 0 radical (unpaired) electrons.